The normalized spacial score (nSPS) is 12.8. The molecule has 0 saturated heterocycles. The Morgan fingerprint density at radius 1 is 1.16 bits per heavy atom. The molecule has 0 spiro atoms. The van der Waals surface area contributed by atoms with Gasteiger partial charge in [-0.05, 0) is 24.4 Å². The van der Waals surface area contributed by atoms with Crippen LogP contribution in [0.3, 0.4) is 0 Å². The van der Waals surface area contributed by atoms with Crippen molar-refractivity contribution in [3.63, 3.8) is 0 Å². The molecule has 0 bridgehead atoms. The predicted octanol–water partition coefficient (Wildman–Crippen LogP) is 3.72. The lowest BCUT2D eigenvalue weighted by atomic mass is 9.94. The van der Waals surface area contributed by atoms with Crippen molar-refractivity contribution in [3.05, 3.63) is 52.5 Å². The van der Waals surface area contributed by atoms with E-state index < -0.39 is 0 Å². The zero-order valence-corrected chi connectivity index (χ0v) is 12.5. The van der Waals surface area contributed by atoms with Gasteiger partial charge in [-0.1, -0.05) is 44.2 Å². The first kappa shape index (κ1) is 14.2. The Labute approximate surface area is 119 Å². The fourth-order valence-corrected chi connectivity index (χ4v) is 2.74. The lowest BCUT2D eigenvalue weighted by Gasteiger charge is -2.18. The minimum absolute atomic E-state index is 0.502. The Balaban J connectivity index is 2.00. The molecule has 1 atom stereocenters. The predicted molar refractivity (Wildman–Crippen MR) is 82.7 cm³/mol. The molecule has 1 aromatic carbocycles. The van der Waals surface area contributed by atoms with Crippen LogP contribution in [-0.2, 0) is 6.42 Å². The molecule has 0 aliphatic rings. The molecular formula is C16H22N2S. The van der Waals surface area contributed by atoms with Crippen LogP contribution in [0, 0.1) is 5.92 Å². The number of nitrogens with one attached hydrogen (secondary N) is 1. The number of rotatable bonds is 7. The number of hydrogen-bond donors (Lipinski definition) is 1. The van der Waals surface area contributed by atoms with Crippen molar-refractivity contribution in [2.45, 2.75) is 26.2 Å². The zero-order valence-electron chi connectivity index (χ0n) is 11.7. The molecule has 0 fully saturated rings. The lowest BCUT2D eigenvalue weighted by Crippen LogP contribution is -2.26. The largest absolute Gasteiger partial charge is 0.316 e. The van der Waals surface area contributed by atoms with Crippen molar-refractivity contribution >= 4 is 11.3 Å². The van der Waals surface area contributed by atoms with E-state index in [2.05, 4.69) is 59.9 Å². The van der Waals surface area contributed by atoms with E-state index in [9.17, 15) is 0 Å². The molecule has 0 saturated carbocycles. The first-order chi connectivity index (χ1) is 9.25. The van der Waals surface area contributed by atoms with Crippen LogP contribution < -0.4 is 5.32 Å². The van der Waals surface area contributed by atoms with Crippen molar-refractivity contribution in [3.8, 4) is 0 Å². The molecule has 0 aliphatic heterocycles. The quantitative estimate of drug-likeness (QED) is 0.832. The van der Waals surface area contributed by atoms with E-state index >= 15 is 0 Å². The molecule has 0 radical (unpaired) electrons. The van der Waals surface area contributed by atoms with Gasteiger partial charge in [0.25, 0.3) is 0 Å². The van der Waals surface area contributed by atoms with Gasteiger partial charge in [0.1, 0.15) is 0 Å². The standard InChI is InChI=1S/C16H22N2S/c1-13(2)9-17-10-15(8-16-11-19-12-18-16)14-6-4-3-5-7-14/h3-7,11-13,15,17H,8-10H2,1-2H3. The Kier molecular flexibility index (Phi) is 5.55. The lowest BCUT2D eigenvalue weighted by molar-refractivity contribution is 0.512. The molecule has 1 N–H and O–H groups in total. The minimum Gasteiger partial charge on any atom is -0.316 e. The maximum Gasteiger partial charge on any atom is 0.0794 e. The highest BCUT2D eigenvalue weighted by molar-refractivity contribution is 7.07. The van der Waals surface area contributed by atoms with Crippen LogP contribution in [0.4, 0.5) is 0 Å². The van der Waals surface area contributed by atoms with Gasteiger partial charge in [0, 0.05) is 17.8 Å². The molecule has 3 heteroatoms. The van der Waals surface area contributed by atoms with E-state index in [1.54, 1.807) is 11.3 Å². The van der Waals surface area contributed by atoms with Crippen LogP contribution in [-0.4, -0.2) is 18.1 Å². The van der Waals surface area contributed by atoms with Crippen molar-refractivity contribution in [2.75, 3.05) is 13.1 Å². The second-order valence-corrected chi connectivity index (χ2v) is 6.06. The number of thiazole rings is 1. The second kappa shape index (κ2) is 7.41. The number of aromatic nitrogens is 1. The summed E-state index contributed by atoms with van der Waals surface area (Å²) in [6.07, 6.45) is 1.01. The van der Waals surface area contributed by atoms with Crippen LogP contribution in [0.15, 0.2) is 41.2 Å². The summed E-state index contributed by atoms with van der Waals surface area (Å²) in [5.41, 5.74) is 4.51. The van der Waals surface area contributed by atoms with Gasteiger partial charge in [-0.25, -0.2) is 4.98 Å². The molecular weight excluding hydrogens is 252 g/mol. The number of benzene rings is 1. The third-order valence-electron chi connectivity index (χ3n) is 3.15. The number of hydrogen-bond acceptors (Lipinski definition) is 3. The maximum atomic E-state index is 4.42. The van der Waals surface area contributed by atoms with Crippen LogP contribution in [0.1, 0.15) is 31.0 Å². The third-order valence-corrected chi connectivity index (χ3v) is 3.79. The first-order valence-corrected chi connectivity index (χ1v) is 7.82. The maximum absolute atomic E-state index is 4.42. The summed E-state index contributed by atoms with van der Waals surface area (Å²) in [6, 6.07) is 10.7. The van der Waals surface area contributed by atoms with Crippen LogP contribution in [0.2, 0.25) is 0 Å². The Bertz CT molecular complexity index is 451. The van der Waals surface area contributed by atoms with Gasteiger partial charge >= 0.3 is 0 Å². The molecule has 2 aromatic rings. The second-order valence-electron chi connectivity index (χ2n) is 5.34. The summed E-state index contributed by atoms with van der Waals surface area (Å²) < 4.78 is 0. The Morgan fingerprint density at radius 2 is 1.95 bits per heavy atom. The monoisotopic (exact) mass is 274 g/mol. The molecule has 102 valence electrons. The smallest absolute Gasteiger partial charge is 0.0794 e. The molecule has 1 aromatic heterocycles. The molecule has 0 amide bonds. The first-order valence-electron chi connectivity index (χ1n) is 6.88. The van der Waals surface area contributed by atoms with Crippen molar-refractivity contribution in [1.82, 2.24) is 10.3 Å². The van der Waals surface area contributed by atoms with Gasteiger partial charge in [0.2, 0.25) is 0 Å². The molecule has 2 rings (SSSR count). The molecule has 2 nitrogen and oxygen atoms in total. The Morgan fingerprint density at radius 3 is 2.58 bits per heavy atom. The highest BCUT2D eigenvalue weighted by Crippen LogP contribution is 2.20. The van der Waals surface area contributed by atoms with Gasteiger partial charge < -0.3 is 5.32 Å². The summed E-state index contributed by atoms with van der Waals surface area (Å²) in [7, 11) is 0. The van der Waals surface area contributed by atoms with Gasteiger partial charge in [-0.3, -0.25) is 0 Å². The van der Waals surface area contributed by atoms with E-state index in [-0.39, 0.29) is 0 Å². The fourth-order valence-electron chi connectivity index (χ4n) is 2.17. The van der Waals surface area contributed by atoms with Crippen molar-refractivity contribution in [1.29, 1.82) is 0 Å². The number of nitrogens with zero attached hydrogens (tertiary/aromatic N) is 1. The van der Waals surface area contributed by atoms with Gasteiger partial charge in [0.05, 0.1) is 11.2 Å². The van der Waals surface area contributed by atoms with Crippen LogP contribution in [0.25, 0.3) is 0 Å². The molecule has 1 unspecified atom stereocenters. The molecule has 19 heavy (non-hydrogen) atoms. The highest BCUT2D eigenvalue weighted by Gasteiger charge is 2.13. The minimum atomic E-state index is 0.502. The van der Waals surface area contributed by atoms with E-state index in [1.165, 1.54) is 11.3 Å². The fraction of sp³-hybridized carbons (Fsp3) is 0.438. The summed E-state index contributed by atoms with van der Waals surface area (Å²) in [6.45, 7) is 6.57. The van der Waals surface area contributed by atoms with Crippen LogP contribution in [0.5, 0.6) is 0 Å². The summed E-state index contributed by atoms with van der Waals surface area (Å²) in [5.74, 6) is 1.19. The van der Waals surface area contributed by atoms with Crippen molar-refractivity contribution < 1.29 is 0 Å². The van der Waals surface area contributed by atoms with E-state index in [4.69, 9.17) is 0 Å². The van der Waals surface area contributed by atoms with E-state index in [0.29, 0.717) is 11.8 Å². The van der Waals surface area contributed by atoms with E-state index in [0.717, 1.165) is 19.5 Å². The van der Waals surface area contributed by atoms with Gasteiger partial charge in [-0.15, -0.1) is 11.3 Å². The van der Waals surface area contributed by atoms with Crippen molar-refractivity contribution in [2.24, 2.45) is 5.92 Å². The van der Waals surface area contributed by atoms with Gasteiger partial charge in [-0.2, -0.15) is 0 Å². The van der Waals surface area contributed by atoms with Gasteiger partial charge in [0.15, 0.2) is 0 Å². The topological polar surface area (TPSA) is 24.9 Å². The molecule has 0 aliphatic carbocycles. The third kappa shape index (κ3) is 4.77. The summed E-state index contributed by atoms with van der Waals surface area (Å²) in [5, 5.41) is 5.72. The SMILES string of the molecule is CC(C)CNCC(Cc1cscn1)c1ccccc1. The average molecular weight is 274 g/mol. The highest BCUT2D eigenvalue weighted by atomic mass is 32.1. The Hall–Kier alpha value is -1.19. The van der Waals surface area contributed by atoms with E-state index in [1.807, 2.05) is 5.51 Å². The zero-order chi connectivity index (χ0) is 13.5. The van der Waals surface area contributed by atoms with Crippen LogP contribution >= 0.6 is 11.3 Å². The average Bonchev–Trinajstić information content (AvgIpc) is 2.91. The summed E-state index contributed by atoms with van der Waals surface area (Å²) >= 11 is 1.67. The molecule has 1 heterocycles. The summed E-state index contributed by atoms with van der Waals surface area (Å²) in [4.78, 5) is 4.42.